The highest BCUT2D eigenvalue weighted by atomic mass is 32.2. The summed E-state index contributed by atoms with van der Waals surface area (Å²) < 4.78 is 40.2. The van der Waals surface area contributed by atoms with Gasteiger partial charge in [-0.05, 0) is 0 Å². The highest BCUT2D eigenvalue weighted by molar-refractivity contribution is 7.94. The molecule has 10 heteroatoms. The standard InChI is InChI=1S/C4H9O8PS/c1-3(5)12-4(13(6,7)8)14(9,10)11-2/h4H,1-2H3,(H2,6,7,8). The third-order valence-electron chi connectivity index (χ3n) is 1.02. The van der Waals surface area contributed by atoms with Crippen LogP contribution in [0, 0.1) is 0 Å². The Morgan fingerprint density at radius 3 is 2.07 bits per heavy atom. The van der Waals surface area contributed by atoms with Crippen LogP contribution in [-0.2, 0) is 28.4 Å². The lowest BCUT2D eigenvalue weighted by molar-refractivity contribution is -0.141. The molecule has 1 atom stereocenters. The predicted molar refractivity (Wildman–Crippen MR) is 43.5 cm³/mol. The van der Waals surface area contributed by atoms with Crippen LogP contribution in [0.4, 0.5) is 0 Å². The fraction of sp³-hybridized carbons (Fsp3) is 0.750. The van der Waals surface area contributed by atoms with Crippen LogP contribution in [-0.4, -0.2) is 36.5 Å². The third kappa shape index (κ3) is 3.72. The van der Waals surface area contributed by atoms with Gasteiger partial charge in [0, 0.05) is 6.92 Å². The molecule has 0 spiro atoms. The van der Waals surface area contributed by atoms with E-state index < -0.39 is 28.9 Å². The van der Waals surface area contributed by atoms with Crippen molar-refractivity contribution in [2.45, 2.75) is 12.1 Å². The second kappa shape index (κ2) is 4.37. The van der Waals surface area contributed by atoms with Crippen molar-refractivity contribution in [1.29, 1.82) is 0 Å². The molecule has 0 aromatic rings. The van der Waals surface area contributed by atoms with Gasteiger partial charge in [0.2, 0.25) is 0 Å². The summed E-state index contributed by atoms with van der Waals surface area (Å²) in [5.74, 6) is -1.14. The fourth-order valence-corrected chi connectivity index (χ4v) is 2.83. The van der Waals surface area contributed by atoms with Gasteiger partial charge in [-0.15, -0.1) is 0 Å². The Morgan fingerprint density at radius 1 is 1.43 bits per heavy atom. The van der Waals surface area contributed by atoms with E-state index >= 15 is 0 Å². The molecule has 0 saturated carbocycles. The minimum absolute atomic E-state index is 0.696. The summed E-state index contributed by atoms with van der Waals surface area (Å²) in [5, 5.41) is -2.61. The maximum absolute atomic E-state index is 10.9. The molecule has 0 aliphatic heterocycles. The van der Waals surface area contributed by atoms with Crippen LogP contribution < -0.4 is 0 Å². The van der Waals surface area contributed by atoms with Crippen molar-refractivity contribution < 1.29 is 36.5 Å². The molecular weight excluding hydrogens is 239 g/mol. The first kappa shape index (κ1) is 13.5. The predicted octanol–water partition coefficient (Wildman–Crippen LogP) is -1.01. The zero-order chi connectivity index (χ0) is 11.6. The molecule has 0 amide bonds. The number of ether oxygens (including phenoxy) is 1. The maximum Gasteiger partial charge on any atom is 0.384 e. The summed E-state index contributed by atoms with van der Waals surface area (Å²) >= 11 is 0. The third-order valence-corrected chi connectivity index (χ3v) is 4.33. The van der Waals surface area contributed by atoms with Gasteiger partial charge in [-0.2, -0.15) is 8.42 Å². The van der Waals surface area contributed by atoms with Gasteiger partial charge < -0.3 is 14.5 Å². The average molecular weight is 248 g/mol. The molecule has 84 valence electrons. The van der Waals surface area contributed by atoms with Crippen LogP contribution >= 0.6 is 7.60 Å². The summed E-state index contributed by atoms with van der Waals surface area (Å²) in [6.07, 6.45) is 0. The number of hydrogen-bond acceptors (Lipinski definition) is 6. The molecule has 0 aromatic carbocycles. The summed E-state index contributed by atoms with van der Waals surface area (Å²) in [6.45, 7) is 0.813. The van der Waals surface area contributed by atoms with Crippen molar-refractivity contribution >= 4 is 23.7 Å². The molecule has 2 N–H and O–H groups in total. The van der Waals surface area contributed by atoms with Gasteiger partial charge in [0.1, 0.15) is 0 Å². The topological polar surface area (TPSA) is 127 Å². The van der Waals surface area contributed by atoms with E-state index in [0.717, 1.165) is 6.92 Å². The van der Waals surface area contributed by atoms with E-state index in [1.165, 1.54) is 0 Å². The van der Waals surface area contributed by atoms with Crippen molar-refractivity contribution in [3.63, 3.8) is 0 Å². The number of rotatable bonds is 4. The van der Waals surface area contributed by atoms with Crippen molar-refractivity contribution in [3.8, 4) is 0 Å². The Morgan fingerprint density at radius 2 is 1.86 bits per heavy atom. The molecule has 0 bridgehead atoms. The fourth-order valence-electron chi connectivity index (χ4n) is 0.520. The summed E-state index contributed by atoms with van der Waals surface area (Å²) in [7, 11) is -9.05. The zero-order valence-electron chi connectivity index (χ0n) is 7.28. The molecule has 14 heavy (non-hydrogen) atoms. The molecule has 0 aromatic heterocycles. The second-order valence-electron chi connectivity index (χ2n) is 2.17. The highest BCUT2D eigenvalue weighted by Crippen LogP contribution is 2.45. The molecular formula is C4H9O8PS. The Balaban J connectivity index is 5.14. The molecule has 0 radical (unpaired) electrons. The summed E-state index contributed by atoms with van der Waals surface area (Å²) in [4.78, 5) is 27.5. The van der Waals surface area contributed by atoms with Gasteiger partial charge in [-0.3, -0.25) is 13.5 Å². The largest absolute Gasteiger partial charge is 0.430 e. The first-order chi connectivity index (χ1) is 6.11. The average Bonchev–Trinajstić information content (AvgIpc) is 1.98. The Labute approximate surface area is 80.1 Å². The van der Waals surface area contributed by atoms with E-state index in [4.69, 9.17) is 9.79 Å². The van der Waals surface area contributed by atoms with Crippen molar-refractivity contribution in [2.75, 3.05) is 7.11 Å². The lowest BCUT2D eigenvalue weighted by Crippen LogP contribution is -2.27. The van der Waals surface area contributed by atoms with Crippen molar-refractivity contribution in [1.82, 2.24) is 0 Å². The molecule has 0 heterocycles. The second-order valence-corrected chi connectivity index (χ2v) is 5.91. The Bertz CT molecular complexity index is 352. The number of esters is 1. The number of carbonyl (C=O) groups excluding carboxylic acids is 1. The lowest BCUT2D eigenvalue weighted by Gasteiger charge is -2.16. The van der Waals surface area contributed by atoms with Crippen LogP contribution in [0.25, 0.3) is 0 Å². The normalized spacial score (nSPS) is 14.9. The van der Waals surface area contributed by atoms with Crippen LogP contribution in [0.2, 0.25) is 0 Å². The van der Waals surface area contributed by atoms with Crippen LogP contribution in [0.1, 0.15) is 6.92 Å². The van der Waals surface area contributed by atoms with E-state index in [0.29, 0.717) is 7.11 Å². The number of hydrogen-bond donors (Lipinski definition) is 2. The van der Waals surface area contributed by atoms with Crippen LogP contribution in [0.3, 0.4) is 0 Å². The van der Waals surface area contributed by atoms with Crippen molar-refractivity contribution in [3.05, 3.63) is 0 Å². The molecule has 8 nitrogen and oxygen atoms in total. The van der Waals surface area contributed by atoms with E-state index in [1.54, 1.807) is 0 Å². The van der Waals surface area contributed by atoms with Crippen LogP contribution in [0.5, 0.6) is 0 Å². The molecule has 0 rings (SSSR count). The molecule has 0 aliphatic carbocycles. The van der Waals surface area contributed by atoms with Gasteiger partial charge in [0.25, 0.3) is 0 Å². The minimum atomic E-state index is -5.12. The quantitative estimate of drug-likeness (QED) is 0.368. The Hall–Kier alpha value is -0.470. The Kier molecular flexibility index (Phi) is 4.22. The first-order valence-electron chi connectivity index (χ1n) is 3.13. The van der Waals surface area contributed by atoms with E-state index in [9.17, 15) is 17.8 Å². The highest BCUT2D eigenvalue weighted by Gasteiger charge is 2.44. The van der Waals surface area contributed by atoms with Gasteiger partial charge in [0.05, 0.1) is 7.11 Å². The molecule has 0 fully saturated rings. The zero-order valence-corrected chi connectivity index (χ0v) is 8.99. The molecule has 0 saturated heterocycles. The monoisotopic (exact) mass is 248 g/mol. The SMILES string of the molecule is COS(=O)(=O)C(OC(C)=O)P(=O)(O)O. The molecule has 0 aliphatic rings. The van der Waals surface area contributed by atoms with Crippen molar-refractivity contribution in [2.24, 2.45) is 0 Å². The molecule has 1 unspecified atom stereocenters. The maximum atomic E-state index is 10.9. The van der Waals surface area contributed by atoms with Crippen LogP contribution in [0.15, 0.2) is 0 Å². The summed E-state index contributed by atoms with van der Waals surface area (Å²) in [5.41, 5.74) is 0. The smallest absolute Gasteiger partial charge is 0.384 e. The van der Waals surface area contributed by atoms with Gasteiger partial charge in [-0.25, -0.2) is 0 Å². The van der Waals surface area contributed by atoms with E-state index in [-0.39, 0.29) is 0 Å². The van der Waals surface area contributed by atoms with E-state index in [1.807, 2.05) is 0 Å². The van der Waals surface area contributed by atoms with Gasteiger partial charge >= 0.3 is 28.9 Å². The summed E-state index contributed by atoms with van der Waals surface area (Å²) in [6, 6.07) is 0. The lowest BCUT2D eigenvalue weighted by atomic mass is 10.8. The number of carbonyl (C=O) groups is 1. The van der Waals surface area contributed by atoms with E-state index in [2.05, 4.69) is 8.92 Å². The van der Waals surface area contributed by atoms with Gasteiger partial charge in [0.15, 0.2) is 0 Å². The first-order valence-corrected chi connectivity index (χ1v) is 6.28. The van der Waals surface area contributed by atoms with Gasteiger partial charge in [-0.1, -0.05) is 0 Å². The minimum Gasteiger partial charge on any atom is -0.430 e.